The van der Waals surface area contributed by atoms with Gasteiger partial charge in [-0.3, -0.25) is 4.57 Å². The highest BCUT2D eigenvalue weighted by Gasteiger charge is 2.39. The third kappa shape index (κ3) is 3.54. The maximum atomic E-state index is 10.8. The van der Waals surface area contributed by atoms with E-state index in [1.54, 1.807) is 21.1 Å². The first-order valence-corrected chi connectivity index (χ1v) is 5.33. The van der Waals surface area contributed by atoms with Crippen molar-refractivity contribution in [1.29, 1.82) is 0 Å². The van der Waals surface area contributed by atoms with E-state index in [0.717, 1.165) is 0 Å². The van der Waals surface area contributed by atoms with Gasteiger partial charge in [0.2, 0.25) is 5.78 Å². The van der Waals surface area contributed by atoms with Crippen LogP contribution in [-0.4, -0.2) is 47.1 Å². The minimum absolute atomic E-state index is 0.0340. The van der Waals surface area contributed by atoms with Crippen LogP contribution in [0.3, 0.4) is 0 Å². The fourth-order valence-corrected chi connectivity index (χ4v) is 2.78. The molecule has 0 bridgehead atoms. The second-order valence-electron chi connectivity index (χ2n) is 3.34. The minimum Gasteiger partial charge on any atom is -0.320 e. The molecule has 0 aromatic rings. The van der Waals surface area contributed by atoms with Crippen LogP contribution in [0.15, 0.2) is 0 Å². The van der Waals surface area contributed by atoms with Crippen molar-refractivity contribution in [3.8, 4) is 0 Å². The molecular formula is C5H14ClNO3P+. The highest BCUT2D eigenvalue weighted by Crippen LogP contribution is 2.44. The van der Waals surface area contributed by atoms with Gasteiger partial charge in [0.25, 0.3) is 0 Å². The molecule has 0 aromatic carbocycles. The van der Waals surface area contributed by atoms with Crippen LogP contribution >= 0.6 is 19.2 Å². The summed E-state index contributed by atoms with van der Waals surface area (Å²) in [4.78, 5) is 17.6. The van der Waals surface area contributed by atoms with E-state index in [4.69, 9.17) is 21.4 Å². The molecule has 2 N–H and O–H groups in total. The summed E-state index contributed by atoms with van der Waals surface area (Å²) in [6.07, 6.45) is 0. The van der Waals surface area contributed by atoms with E-state index in [1.807, 2.05) is 0 Å². The molecule has 0 fully saturated rings. The van der Waals surface area contributed by atoms with Crippen molar-refractivity contribution < 1.29 is 18.8 Å². The summed E-state index contributed by atoms with van der Waals surface area (Å²) in [6.45, 7) is 0. The molecule has 0 spiro atoms. The van der Waals surface area contributed by atoms with Crippen LogP contribution < -0.4 is 0 Å². The SMILES string of the molecule is C[N+](C)(C)C(CCl)P(=O)(O)O. The number of rotatable bonds is 3. The van der Waals surface area contributed by atoms with Crippen LogP contribution in [-0.2, 0) is 4.57 Å². The second kappa shape index (κ2) is 3.42. The van der Waals surface area contributed by atoms with Crippen LogP contribution in [0.4, 0.5) is 0 Å². The zero-order valence-corrected chi connectivity index (χ0v) is 8.51. The van der Waals surface area contributed by atoms with Crippen molar-refractivity contribution in [2.75, 3.05) is 27.0 Å². The van der Waals surface area contributed by atoms with Crippen LogP contribution in [0.2, 0.25) is 0 Å². The van der Waals surface area contributed by atoms with E-state index in [2.05, 4.69) is 0 Å². The van der Waals surface area contributed by atoms with Gasteiger partial charge in [0, 0.05) is 0 Å². The van der Waals surface area contributed by atoms with E-state index >= 15 is 0 Å². The Morgan fingerprint density at radius 2 is 1.82 bits per heavy atom. The van der Waals surface area contributed by atoms with Gasteiger partial charge in [-0.15, -0.1) is 11.6 Å². The van der Waals surface area contributed by atoms with Crippen LogP contribution in [0.1, 0.15) is 0 Å². The maximum Gasteiger partial charge on any atom is 0.383 e. The Morgan fingerprint density at radius 3 is 1.82 bits per heavy atom. The molecule has 68 valence electrons. The molecule has 0 aliphatic heterocycles. The van der Waals surface area contributed by atoms with E-state index in [0.29, 0.717) is 0 Å². The van der Waals surface area contributed by atoms with Gasteiger partial charge < -0.3 is 14.3 Å². The average molecular weight is 203 g/mol. The molecule has 1 atom stereocenters. The Morgan fingerprint density at radius 1 is 1.45 bits per heavy atom. The highest BCUT2D eigenvalue weighted by molar-refractivity contribution is 7.52. The summed E-state index contributed by atoms with van der Waals surface area (Å²) >= 11 is 5.43. The van der Waals surface area contributed by atoms with Crippen LogP contribution in [0.5, 0.6) is 0 Å². The molecule has 1 unspecified atom stereocenters. The Hall–Kier alpha value is 0.400. The number of hydrogen-bond acceptors (Lipinski definition) is 1. The summed E-state index contributed by atoms with van der Waals surface area (Å²) in [7, 11) is 1.04. The molecule has 0 radical (unpaired) electrons. The number of halogens is 1. The van der Waals surface area contributed by atoms with Crippen molar-refractivity contribution in [3.05, 3.63) is 0 Å². The Bertz CT molecular complexity index is 173. The first-order chi connectivity index (χ1) is 4.69. The van der Waals surface area contributed by atoms with E-state index < -0.39 is 13.4 Å². The molecule has 0 saturated heterocycles. The summed E-state index contributed by atoms with van der Waals surface area (Å²) in [5.41, 5.74) is 0. The van der Waals surface area contributed by atoms with E-state index in [9.17, 15) is 4.57 Å². The monoisotopic (exact) mass is 202 g/mol. The lowest BCUT2D eigenvalue weighted by atomic mass is 10.5. The number of nitrogens with zero attached hydrogens (tertiary/aromatic N) is 1. The van der Waals surface area contributed by atoms with Gasteiger partial charge >= 0.3 is 7.60 Å². The lowest BCUT2D eigenvalue weighted by Gasteiger charge is -2.32. The molecule has 0 aliphatic rings. The minimum atomic E-state index is -4.06. The topological polar surface area (TPSA) is 57.5 Å². The van der Waals surface area contributed by atoms with Gasteiger partial charge in [0.1, 0.15) is 0 Å². The van der Waals surface area contributed by atoms with Crippen LogP contribution in [0, 0.1) is 0 Å². The zero-order valence-electron chi connectivity index (χ0n) is 6.86. The summed E-state index contributed by atoms with van der Waals surface area (Å²) < 4.78 is 11.0. The molecular weight excluding hydrogens is 188 g/mol. The first-order valence-electron chi connectivity index (χ1n) is 3.12. The summed E-state index contributed by atoms with van der Waals surface area (Å²) in [6, 6.07) is 0. The van der Waals surface area contributed by atoms with Crippen molar-refractivity contribution >= 4 is 19.2 Å². The van der Waals surface area contributed by atoms with Crippen molar-refractivity contribution in [3.63, 3.8) is 0 Å². The molecule has 0 aliphatic carbocycles. The second-order valence-corrected chi connectivity index (χ2v) is 5.42. The van der Waals surface area contributed by atoms with Crippen molar-refractivity contribution in [1.82, 2.24) is 0 Å². The molecule has 0 heterocycles. The standard InChI is InChI=1S/C5H13ClNO3P/c1-7(2,3)5(4-6)11(8,9)10/h5H,4H2,1-3H3,(H-,8,9,10)/p+1. The number of quaternary nitrogens is 1. The van der Waals surface area contributed by atoms with Gasteiger partial charge in [0.15, 0.2) is 0 Å². The lowest BCUT2D eigenvalue weighted by molar-refractivity contribution is -0.880. The smallest absolute Gasteiger partial charge is 0.320 e. The fraction of sp³-hybridized carbons (Fsp3) is 1.00. The Kier molecular flexibility index (Phi) is 3.54. The molecule has 0 aromatic heterocycles. The average Bonchev–Trinajstić information content (AvgIpc) is 1.56. The molecule has 0 saturated carbocycles. The van der Waals surface area contributed by atoms with Gasteiger partial charge in [0.05, 0.1) is 27.0 Å². The van der Waals surface area contributed by atoms with Gasteiger partial charge in [-0.2, -0.15) is 0 Å². The van der Waals surface area contributed by atoms with Crippen molar-refractivity contribution in [2.24, 2.45) is 0 Å². The molecule has 11 heavy (non-hydrogen) atoms. The van der Waals surface area contributed by atoms with Gasteiger partial charge in [-0.1, -0.05) is 0 Å². The zero-order chi connectivity index (χ0) is 9.28. The van der Waals surface area contributed by atoms with Crippen molar-refractivity contribution in [2.45, 2.75) is 5.78 Å². The normalized spacial score (nSPS) is 16.5. The third-order valence-electron chi connectivity index (χ3n) is 1.42. The predicted molar refractivity (Wildman–Crippen MR) is 44.6 cm³/mol. The summed E-state index contributed by atoms with van der Waals surface area (Å²) in [5, 5.41) is 0. The molecule has 4 nitrogen and oxygen atoms in total. The molecule has 0 amide bonds. The largest absolute Gasteiger partial charge is 0.383 e. The third-order valence-corrected chi connectivity index (χ3v) is 3.58. The molecule has 6 heteroatoms. The van der Waals surface area contributed by atoms with Gasteiger partial charge in [-0.05, 0) is 0 Å². The fourth-order valence-electron chi connectivity index (χ4n) is 0.748. The quantitative estimate of drug-likeness (QED) is 0.397. The van der Waals surface area contributed by atoms with Crippen LogP contribution in [0.25, 0.3) is 0 Å². The predicted octanol–water partition coefficient (Wildman–Crippen LogP) is 0.435. The van der Waals surface area contributed by atoms with E-state index in [1.165, 1.54) is 0 Å². The Labute approximate surface area is 71.5 Å². The number of alkyl halides is 1. The molecule has 0 rings (SSSR count). The first kappa shape index (κ1) is 11.4. The van der Waals surface area contributed by atoms with Gasteiger partial charge in [-0.25, -0.2) is 0 Å². The highest BCUT2D eigenvalue weighted by atomic mass is 35.5. The van der Waals surface area contributed by atoms with E-state index in [-0.39, 0.29) is 10.4 Å². The summed E-state index contributed by atoms with van der Waals surface area (Å²) in [5.74, 6) is -0.850. The maximum absolute atomic E-state index is 10.8. The number of hydrogen-bond donors (Lipinski definition) is 2. The lowest BCUT2D eigenvalue weighted by Crippen LogP contribution is -2.45. The Balaban J connectivity index is 4.57.